The summed E-state index contributed by atoms with van der Waals surface area (Å²) in [6.45, 7) is 0. The fraction of sp³-hybridized carbons (Fsp3) is 0. The van der Waals surface area contributed by atoms with Crippen LogP contribution in [-0.4, -0.2) is 23.0 Å². The molecule has 72 valence electrons. The maximum atomic E-state index is 10.6. The zero-order valence-electron chi connectivity index (χ0n) is 7.23. The molecule has 5 heteroatoms. The molecule has 0 aliphatic rings. The van der Waals surface area contributed by atoms with Gasteiger partial charge in [0.25, 0.3) is 0 Å². The highest BCUT2D eigenvalue weighted by Crippen LogP contribution is 2.16. The average Bonchev–Trinajstić information content (AvgIpc) is 2.62. The quantitative estimate of drug-likeness (QED) is 0.619. The fourth-order valence-electron chi connectivity index (χ4n) is 0.842. The Balaban J connectivity index is 2.86. The summed E-state index contributed by atoms with van der Waals surface area (Å²) >= 11 is 1.11. The first-order valence-corrected chi connectivity index (χ1v) is 4.60. The van der Waals surface area contributed by atoms with Crippen molar-refractivity contribution in [3.63, 3.8) is 0 Å². The molecule has 1 aromatic rings. The molecule has 4 nitrogen and oxygen atoms in total. The summed E-state index contributed by atoms with van der Waals surface area (Å²) < 4.78 is 0. The Labute approximate surface area is 84.5 Å². The third-order valence-electron chi connectivity index (χ3n) is 1.47. The average molecular weight is 209 g/mol. The van der Waals surface area contributed by atoms with Gasteiger partial charge in [-0.15, -0.1) is 11.3 Å². The number of hydrogen-bond acceptors (Lipinski definition) is 3. The standard InChI is InChI=1S/C9H8N2O2S/c10-5-1-2-6(11)7-3-4-8(14-7)9(12)13/h1-5,10-11H,(H,12,13)/p+1/b2-1-,10-5?,11-6?. The summed E-state index contributed by atoms with van der Waals surface area (Å²) in [4.78, 5) is 11.5. The molecule has 14 heavy (non-hydrogen) atoms. The molecule has 0 aliphatic heterocycles. The number of nitrogens with two attached hydrogens (primary N) is 1. The van der Waals surface area contributed by atoms with E-state index < -0.39 is 5.97 Å². The number of thiophene rings is 1. The molecule has 1 heterocycles. The van der Waals surface area contributed by atoms with Crippen LogP contribution in [0.1, 0.15) is 14.5 Å². The van der Waals surface area contributed by atoms with Crippen LogP contribution in [0.5, 0.6) is 0 Å². The van der Waals surface area contributed by atoms with Crippen molar-refractivity contribution < 1.29 is 15.3 Å². The van der Waals surface area contributed by atoms with Crippen molar-refractivity contribution in [2.75, 3.05) is 0 Å². The Bertz CT molecular complexity index is 407. The topological polar surface area (TPSA) is 86.7 Å². The highest BCUT2D eigenvalue weighted by atomic mass is 32.1. The molecule has 1 aromatic heterocycles. The Morgan fingerprint density at radius 2 is 2.14 bits per heavy atom. The summed E-state index contributed by atoms with van der Waals surface area (Å²) in [7, 11) is 0. The molecule has 0 fully saturated rings. The molecule has 0 atom stereocenters. The lowest BCUT2D eigenvalue weighted by molar-refractivity contribution is -0.110. The largest absolute Gasteiger partial charge is 0.477 e. The zero-order valence-corrected chi connectivity index (χ0v) is 8.04. The van der Waals surface area contributed by atoms with E-state index in [9.17, 15) is 4.79 Å². The highest BCUT2D eigenvalue weighted by molar-refractivity contribution is 7.16. The summed E-state index contributed by atoms with van der Waals surface area (Å²) in [5.74, 6) is -0.954. The number of aromatic carboxylic acids is 1. The predicted octanol–water partition coefficient (Wildman–Crippen LogP) is 0.200. The lowest BCUT2D eigenvalue weighted by Crippen LogP contribution is -2.38. The maximum absolute atomic E-state index is 10.6. The minimum atomic E-state index is -0.954. The molecular formula is C9H9N2O2S+. The van der Waals surface area contributed by atoms with Crippen LogP contribution in [-0.2, 0) is 0 Å². The van der Waals surface area contributed by atoms with E-state index in [0.717, 1.165) is 17.6 Å². The van der Waals surface area contributed by atoms with Crippen LogP contribution in [0.4, 0.5) is 0 Å². The van der Waals surface area contributed by atoms with Gasteiger partial charge in [-0.3, -0.25) is 5.41 Å². The van der Waals surface area contributed by atoms with Gasteiger partial charge in [0.15, 0.2) is 0 Å². The number of carbonyl (C=O) groups is 1. The van der Waals surface area contributed by atoms with Crippen molar-refractivity contribution in [3.05, 3.63) is 34.0 Å². The maximum Gasteiger partial charge on any atom is 0.345 e. The van der Waals surface area contributed by atoms with Crippen molar-refractivity contribution in [1.82, 2.24) is 0 Å². The number of rotatable bonds is 4. The van der Waals surface area contributed by atoms with Gasteiger partial charge < -0.3 is 10.5 Å². The lowest BCUT2D eigenvalue weighted by atomic mass is 10.3. The van der Waals surface area contributed by atoms with Gasteiger partial charge in [0.1, 0.15) is 4.88 Å². The van der Waals surface area contributed by atoms with Gasteiger partial charge >= 0.3 is 5.97 Å². The normalized spacial score (nSPS) is 10.3. The minimum absolute atomic E-state index is 0.256. The van der Waals surface area contributed by atoms with Crippen LogP contribution >= 0.6 is 11.3 Å². The number of carboxylic acid groups (broad SMARTS) is 1. The summed E-state index contributed by atoms with van der Waals surface area (Å²) in [6.07, 6.45) is 4.15. The SMILES string of the molecule is N=C/C=C\C(=[NH2+])c1ccc(C(=O)O)s1. The smallest absolute Gasteiger partial charge is 0.345 e. The van der Waals surface area contributed by atoms with Gasteiger partial charge in [-0.2, -0.15) is 0 Å². The molecule has 0 spiro atoms. The molecule has 0 aliphatic carbocycles. The third kappa shape index (κ3) is 2.37. The molecule has 0 saturated carbocycles. The van der Waals surface area contributed by atoms with E-state index in [1.807, 2.05) is 0 Å². The van der Waals surface area contributed by atoms with E-state index in [2.05, 4.69) is 0 Å². The lowest BCUT2D eigenvalue weighted by Gasteiger charge is -1.84. The molecule has 0 amide bonds. The summed E-state index contributed by atoms with van der Waals surface area (Å²) in [5.41, 5.74) is 0.464. The third-order valence-corrected chi connectivity index (χ3v) is 2.60. The predicted molar refractivity (Wildman–Crippen MR) is 55.2 cm³/mol. The van der Waals surface area contributed by atoms with Crippen LogP contribution in [0.25, 0.3) is 0 Å². The molecule has 0 saturated heterocycles. The van der Waals surface area contributed by atoms with Crippen LogP contribution in [0.3, 0.4) is 0 Å². The number of nitrogens with one attached hydrogen (secondary N) is 1. The number of allylic oxidation sites excluding steroid dienone is 2. The Hall–Kier alpha value is -1.75. The second-order valence-electron chi connectivity index (χ2n) is 2.45. The molecule has 4 N–H and O–H groups in total. The molecule has 0 bridgehead atoms. The van der Waals surface area contributed by atoms with E-state index in [0.29, 0.717) is 10.6 Å². The zero-order chi connectivity index (χ0) is 10.6. The van der Waals surface area contributed by atoms with E-state index >= 15 is 0 Å². The van der Waals surface area contributed by atoms with Gasteiger partial charge in [-0.05, 0) is 18.2 Å². The van der Waals surface area contributed by atoms with Gasteiger partial charge in [0.05, 0.1) is 4.88 Å². The molecule has 0 unspecified atom stereocenters. The van der Waals surface area contributed by atoms with Crippen LogP contribution in [0.2, 0.25) is 0 Å². The number of carboxylic acids is 1. The minimum Gasteiger partial charge on any atom is -0.477 e. The second kappa shape index (κ2) is 4.48. The fourth-order valence-corrected chi connectivity index (χ4v) is 1.62. The van der Waals surface area contributed by atoms with E-state index in [4.69, 9.17) is 15.9 Å². The van der Waals surface area contributed by atoms with Gasteiger partial charge in [-0.25, -0.2) is 4.79 Å². The van der Waals surface area contributed by atoms with Gasteiger partial charge in [0, 0.05) is 12.3 Å². The molecule has 1 rings (SSSR count). The first kappa shape index (κ1) is 10.3. The van der Waals surface area contributed by atoms with Gasteiger partial charge in [-0.1, -0.05) is 0 Å². The summed E-state index contributed by atoms with van der Waals surface area (Å²) in [6, 6.07) is 3.16. The molecular weight excluding hydrogens is 200 g/mol. The summed E-state index contributed by atoms with van der Waals surface area (Å²) in [5, 5.41) is 21.1. The van der Waals surface area contributed by atoms with Crippen molar-refractivity contribution in [2.45, 2.75) is 0 Å². The first-order valence-electron chi connectivity index (χ1n) is 3.78. The van der Waals surface area contributed by atoms with Crippen molar-refractivity contribution in [1.29, 1.82) is 5.41 Å². The van der Waals surface area contributed by atoms with E-state index in [1.165, 1.54) is 12.1 Å². The molecule has 0 aromatic carbocycles. The van der Waals surface area contributed by atoms with Crippen LogP contribution < -0.4 is 5.41 Å². The van der Waals surface area contributed by atoms with Crippen molar-refractivity contribution >= 4 is 29.2 Å². The first-order chi connectivity index (χ1) is 6.65. The Morgan fingerprint density at radius 3 is 2.64 bits per heavy atom. The van der Waals surface area contributed by atoms with Crippen molar-refractivity contribution in [2.24, 2.45) is 0 Å². The second-order valence-corrected chi connectivity index (χ2v) is 3.53. The van der Waals surface area contributed by atoms with Crippen LogP contribution in [0.15, 0.2) is 24.3 Å². The van der Waals surface area contributed by atoms with Crippen LogP contribution in [0, 0.1) is 5.41 Å². The monoisotopic (exact) mass is 209 g/mol. The Kier molecular flexibility index (Phi) is 3.30. The Morgan fingerprint density at radius 1 is 1.50 bits per heavy atom. The molecule has 0 radical (unpaired) electrons. The van der Waals surface area contributed by atoms with Gasteiger partial charge in [0.2, 0.25) is 5.71 Å². The van der Waals surface area contributed by atoms with E-state index in [-0.39, 0.29) is 4.88 Å². The van der Waals surface area contributed by atoms with E-state index in [1.54, 1.807) is 12.1 Å². The van der Waals surface area contributed by atoms with Crippen molar-refractivity contribution in [3.8, 4) is 0 Å². The highest BCUT2D eigenvalue weighted by Gasteiger charge is 2.11. The number of hydrogen-bond donors (Lipinski definition) is 3.